The van der Waals surface area contributed by atoms with Crippen LogP contribution in [0.15, 0.2) is 33.8 Å². The molecule has 2 aromatic rings. The fraction of sp³-hybridized carbons (Fsp3) is 0.500. The molecule has 0 radical (unpaired) electrons. The van der Waals surface area contributed by atoms with Gasteiger partial charge in [0.05, 0.1) is 6.54 Å². The molecule has 1 N–H and O–H groups in total. The molecule has 0 aliphatic rings. The highest BCUT2D eigenvalue weighted by atomic mass is 127. The van der Waals surface area contributed by atoms with Crippen LogP contribution >= 0.6 is 35.6 Å². The molecule has 1 aromatic heterocycles. The zero-order chi connectivity index (χ0) is 18.9. The third-order valence-electron chi connectivity index (χ3n) is 3.69. The standard InChI is InChI=1S/C18H26ClN5O2.HI/c1-13(2)17-22-16(26-23-17)8-9-21-18(20-3)24(4)10-11-25-15-7-5-6-14(19)12-15;/h5-7,12-13H,8-11H2,1-4H3,(H,20,21);1H. The summed E-state index contributed by atoms with van der Waals surface area (Å²) in [4.78, 5) is 10.6. The summed E-state index contributed by atoms with van der Waals surface area (Å²) in [5.41, 5.74) is 0. The summed E-state index contributed by atoms with van der Waals surface area (Å²) in [6, 6.07) is 7.36. The summed E-state index contributed by atoms with van der Waals surface area (Å²) in [5, 5.41) is 7.91. The van der Waals surface area contributed by atoms with E-state index in [0.29, 0.717) is 37.0 Å². The van der Waals surface area contributed by atoms with Crippen LogP contribution in [0.25, 0.3) is 0 Å². The number of ether oxygens (including phenoxy) is 1. The average molecular weight is 508 g/mol. The van der Waals surface area contributed by atoms with Gasteiger partial charge in [-0.2, -0.15) is 4.98 Å². The minimum Gasteiger partial charge on any atom is -0.492 e. The van der Waals surface area contributed by atoms with Crippen LogP contribution < -0.4 is 10.1 Å². The predicted molar refractivity (Wildman–Crippen MR) is 118 cm³/mol. The van der Waals surface area contributed by atoms with Crippen molar-refractivity contribution in [2.45, 2.75) is 26.2 Å². The molecule has 27 heavy (non-hydrogen) atoms. The second-order valence-corrected chi connectivity index (χ2v) is 6.59. The quantitative estimate of drug-likeness (QED) is 0.334. The van der Waals surface area contributed by atoms with Gasteiger partial charge in [0.15, 0.2) is 11.8 Å². The fourth-order valence-electron chi connectivity index (χ4n) is 2.23. The Labute approximate surface area is 182 Å². The number of aliphatic imine (C=N–C) groups is 1. The van der Waals surface area contributed by atoms with Crippen molar-refractivity contribution in [1.82, 2.24) is 20.4 Å². The highest BCUT2D eigenvalue weighted by Gasteiger charge is 2.10. The van der Waals surface area contributed by atoms with Crippen molar-refractivity contribution in [3.05, 3.63) is 41.0 Å². The van der Waals surface area contributed by atoms with Crippen LogP contribution in [-0.4, -0.2) is 54.8 Å². The molecule has 1 heterocycles. The van der Waals surface area contributed by atoms with Gasteiger partial charge in [-0.3, -0.25) is 4.99 Å². The number of nitrogens with zero attached hydrogens (tertiary/aromatic N) is 4. The van der Waals surface area contributed by atoms with Crippen LogP contribution in [0.1, 0.15) is 31.5 Å². The van der Waals surface area contributed by atoms with Gasteiger partial charge in [-0.15, -0.1) is 24.0 Å². The van der Waals surface area contributed by atoms with E-state index < -0.39 is 0 Å². The van der Waals surface area contributed by atoms with Crippen molar-refractivity contribution in [1.29, 1.82) is 0 Å². The van der Waals surface area contributed by atoms with E-state index in [-0.39, 0.29) is 29.9 Å². The van der Waals surface area contributed by atoms with Crippen LogP contribution in [0.2, 0.25) is 5.02 Å². The van der Waals surface area contributed by atoms with E-state index in [4.69, 9.17) is 20.9 Å². The Morgan fingerprint density at radius 1 is 1.41 bits per heavy atom. The molecule has 0 unspecified atom stereocenters. The van der Waals surface area contributed by atoms with E-state index in [1.807, 2.05) is 44.0 Å². The zero-order valence-corrected chi connectivity index (χ0v) is 19.2. The van der Waals surface area contributed by atoms with Crippen LogP contribution in [0, 0.1) is 0 Å². The molecule has 0 fully saturated rings. The number of aromatic nitrogens is 2. The lowest BCUT2D eigenvalue weighted by atomic mass is 10.2. The number of likely N-dealkylation sites (N-methyl/N-ethyl adjacent to an activating group) is 1. The molecule has 9 heteroatoms. The van der Waals surface area contributed by atoms with Gasteiger partial charge in [0.2, 0.25) is 5.89 Å². The van der Waals surface area contributed by atoms with Crippen molar-refractivity contribution in [2.75, 3.05) is 33.8 Å². The number of benzene rings is 1. The summed E-state index contributed by atoms with van der Waals surface area (Å²) in [6.45, 7) is 5.94. The first-order valence-corrected chi connectivity index (χ1v) is 9.00. The minimum absolute atomic E-state index is 0. The second kappa shape index (κ2) is 12.0. The normalized spacial score (nSPS) is 11.3. The molecule has 0 aliphatic heterocycles. The molecule has 0 saturated heterocycles. The summed E-state index contributed by atoms with van der Waals surface area (Å²) >= 11 is 5.95. The highest BCUT2D eigenvalue weighted by Crippen LogP contribution is 2.16. The van der Waals surface area contributed by atoms with Crippen LogP contribution in [0.5, 0.6) is 5.75 Å². The van der Waals surface area contributed by atoms with Crippen molar-refractivity contribution >= 4 is 41.5 Å². The van der Waals surface area contributed by atoms with Gasteiger partial charge >= 0.3 is 0 Å². The second-order valence-electron chi connectivity index (χ2n) is 6.15. The lowest BCUT2D eigenvalue weighted by molar-refractivity contribution is 0.281. The number of guanidine groups is 1. The lowest BCUT2D eigenvalue weighted by Crippen LogP contribution is -2.41. The molecule has 0 amide bonds. The van der Waals surface area contributed by atoms with Crippen LogP contribution in [0.3, 0.4) is 0 Å². The number of nitrogens with one attached hydrogen (secondary N) is 1. The van der Waals surface area contributed by atoms with Gasteiger partial charge in [-0.25, -0.2) is 0 Å². The van der Waals surface area contributed by atoms with Gasteiger partial charge in [0.25, 0.3) is 0 Å². The Hall–Kier alpha value is -1.55. The van der Waals surface area contributed by atoms with Crippen LogP contribution in [-0.2, 0) is 6.42 Å². The maximum atomic E-state index is 5.95. The van der Waals surface area contributed by atoms with E-state index >= 15 is 0 Å². The minimum atomic E-state index is 0. The summed E-state index contributed by atoms with van der Waals surface area (Å²) in [7, 11) is 3.71. The SMILES string of the molecule is CN=C(NCCc1nc(C(C)C)no1)N(C)CCOc1cccc(Cl)c1.I. The molecule has 1 aromatic carbocycles. The Balaban J connectivity index is 0.00000364. The largest absolute Gasteiger partial charge is 0.492 e. The fourth-order valence-corrected chi connectivity index (χ4v) is 2.41. The van der Waals surface area contributed by atoms with Gasteiger partial charge < -0.3 is 19.5 Å². The van der Waals surface area contributed by atoms with E-state index in [1.165, 1.54) is 0 Å². The molecular formula is C18H27ClIN5O2. The Bertz CT molecular complexity index is 723. The third-order valence-corrected chi connectivity index (χ3v) is 3.92. The summed E-state index contributed by atoms with van der Waals surface area (Å²) in [6.07, 6.45) is 0.644. The number of halogens is 2. The third kappa shape index (κ3) is 7.92. The number of hydrogen-bond acceptors (Lipinski definition) is 5. The molecule has 0 aliphatic carbocycles. The van der Waals surface area contributed by atoms with Crippen LogP contribution in [0.4, 0.5) is 0 Å². The van der Waals surface area contributed by atoms with E-state index in [1.54, 1.807) is 13.1 Å². The maximum absolute atomic E-state index is 5.95. The van der Waals surface area contributed by atoms with Gasteiger partial charge in [-0.1, -0.05) is 36.7 Å². The van der Waals surface area contributed by atoms with E-state index in [2.05, 4.69) is 20.4 Å². The lowest BCUT2D eigenvalue weighted by Gasteiger charge is -2.22. The van der Waals surface area contributed by atoms with E-state index in [9.17, 15) is 0 Å². The first-order chi connectivity index (χ1) is 12.5. The smallest absolute Gasteiger partial charge is 0.228 e. The average Bonchev–Trinajstić information content (AvgIpc) is 3.08. The Kier molecular flexibility index (Phi) is 10.5. The first kappa shape index (κ1) is 23.5. The van der Waals surface area contributed by atoms with Crippen molar-refractivity contribution in [3.8, 4) is 5.75 Å². The number of hydrogen-bond donors (Lipinski definition) is 1. The molecule has 150 valence electrons. The topological polar surface area (TPSA) is 75.8 Å². The Morgan fingerprint density at radius 3 is 2.81 bits per heavy atom. The highest BCUT2D eigenvalue weighted by molar-refractivity contribution is 14.0. The molecule has 0 spiro atoms. The molecule has 7 nitrogen and oxygen atoms in total. The molecule has 0 bridgehead atoms. The molecular weight excluding hydrogens is 481 g/mol. The van der Waals surface area contributed by atoms with Gasteiger partial charge in [-0.05, 0) is 18.2 Å². The first-order valence-electron chi connectivity index (χ1n) is 8.62. The molecule has 0 saturated carbocycles. The summed E-state index contributed by atoms with van der Waals surface area (Å²) in [5.74, 6) is 3.16. The maximum Gasteiger partial charge on any atom is 0.228 e. The van der Waals surface area contributed by atoms with Crippen molar-refractivity contribution in [3.63, 3.8) is 0 Å². The molecule has 2 rings (SSSR count). The summed E-state index contributed by atoms with van der Waals surface area (Å²) < 4.78 is 10.9. The zero-order valence-electron chi connectivity index (χ0n) is 16.1. The monoisotopic (exact) mass is 507 g/mol. The molecule has 0 atom stereocenters. The van der Waals surface area contributed by atoms with Gasteiger partial charge in [0, 0.05) is 38.0 Å². The number of rotatable bonds is 8. The van der Waals surface area contributed by atoms with Crippen molar-refractivity contribution < 1.29 is 9.26 Å². The van der Waals surface area contributed by atoms with Gasteiger partial charge in [0.1, 0.15) is 12.4 Å². The predicted octanol–water partition coefficient (Wildman–Crippen LogP) is 3.59. The Morgan fingerprint density at radius 2 is 2.19 bits per heavy atom. The van der Waals surface area contributed by atoms with Crippen molar-refractivity contribution in [2.24, 2.45) is 4.99 Å². The van der Waals surface area contributed by atoms with E-state index in [0.717, 1.165) is 17.5 Å².